The molecule has 1 aliphatic heterocycles. The minimum absolute atomic E-state index is 0.0317. The molecule has 1 aromatic heterocycles. The lowest BCUT2D eigenvalue weighted by Crippen LogP contribution is -2.45. The molecule has 2 rings (SSSR count). The predicted molar refractivity (Wildman–Crippen MR) is 83.1 cm³/mol. The standard InChI is InChI=1S/C10H15N7O4S2/c11-7-15-8(12)17-10(16-7)22-3-6(18)14-9(19)13-5-1-2-23(20,21)4-5/h5H,1-4H2,(H2,13,14,18,19)(H4,11,12,15,16,17)/t5-/m1/s1. The molecule has 1 aliphatic rings. The minimum Gasteiger partial charge on any atom is -0.368 e. The van der Waals surface area contributed by atoms with Crippen molar-refractivity contribution in [3.8, 4) is 0 Å². The molecule has 0 aromatic carbocycles. The van der Waals surface area contributed by atoms with Gasteiger partial charge in [-0.25, -0.2) is 13.2 Å². The van der Waals surface area contributed by atoms with Crippen LogP contribution in [0.2, 0.25) is 0 Å². The van der Waals surface area contributed by atoms with E-state index in [1.165, 1.54) is 0 Å². The summed E-state index contributed by atoms with van der Waals surface area (Å²) in [7, 11) is -3.10. The molecule has 0 spiro atoms. The maximum Gasteiger partial charge on any atom is 0.321 e. The Morgan fingerprint density at radius 2 is 1.87 bits per heavy atom. The molecule has 3 amide bonds. The van der Waals surface area contributed by atoms with Gasteiger partial charge in [-0.2, -0.15) is 15.0 Å². The fourth-order valence-electron chi connectivity index (χ4n) is 1.88. The molecular formula is C10H15N7O4S2. The smallest absolute Gasteiger partial charge is 0.321 e. The van der Waals surface area contributed by atoms with Crippen molar-refractivity contribution in [2.75, 3.05) is 28.7 Å². The van der Waals surface area contributed by atoms with Crippen LogP contribution in [0.4, 0.5) is 16.7 Å². The molecule has 0 aliphatic carbocycles. The van der Waals surface area contributed by atoms with Crippen LogP contribution in [0.5, 0.6) is 0 Å². The van der Waals surface area contributed by atoms with E-state index in [2.05, 4.69) is 25.6 Å². The number of rotatable bonds is 4. The number of urea groups is 1. The Morgan fingerprint density at radius 1 is 1.22 bits per heavy atom. The van der Waals surface area contributed by atoms with E-state index >= 15 is 0 Å². The van der Waals surface area contributed by atoms with Crippen LogP contribution in [0.1, 0.15) is 6.42 Å². The number of nitrogens with zero attached hydrogens (tertiary/aromatic N) is 3. The molecule has 6 N–H and O–H groups in total. The molecule has 0 radical (unpaired) electrons. The molecule has 1 saturated heterocycles. The fourth-order valence-corrected chi connectivity index (χ4v) is 4.20. The van der Waals surface area contributed by atoms with Gasteiger partial charge in [0.25, 0.3) is 0 Å². The largest absolute Gasteiger partial charge is 0.368 e. The maximum absolute atomic E-state index is 11.7. The van der Waals surface area contributed by atoms with Gasteiger partial charge in [0, 0.05) is 6.04 Å². The van der Waals surface area contributed by atoms with E-state index in [1.807, 2.05) is 0 Å². The van der Waals surface area contributed by atoms with Gasteiger partial charge in [-0.3, -0.25) is 10.1 Å². The lowest BCUT2D eigenvalue weighted by molar-refractivity contribution is -0.117. The van der Waals surface area contributed by atoms with E-state index in [1.54, 1.807) is 0 Å². The quantitative estimate of drug-likeness (QED) is 0.443. The number of anilines is 2. The first-order chi connectivity index (χ1) is 10.7. The molecular weight excluding hydrogens is 346 g/mol. The Hall–Kier alpha value is -2.15. The van der Waals surface area contributed by atoms with Crippen LogP contribution >= 0.6 is 11.8 Å². The number of thioether (sulfide) groups is 1. The number of hydrogen-bond donors (Lipinski definition) is 4. The Morgan fingerprint density at radius 3 is 2.43 bits per heavy atom. The van der Waals surface area contributed by atoms with Gasteiger partial charge < -0.3 is 16.8 Å². The van der Waals surface area contributed by atoms with Crippen LogP contribution in [0.15, 0.2) is 5.16 Å². The average Bonchev–Trinajstić information content (AvgIpc) is 2.74. The molecule has 23 heavy (non-hydrogen) atoms. The summed E-state index contributed by atoms with van der Waals surface area (Å²) in [5.74, 6) is -0.956. The lowest BCUT2D eigenvalue weighted by atomic mass is 10.3. The highest BCUT2D eigenvalue weighted by molar-refractivity contribution is 7.99. The zero-order valence-electron chi connectivity index (χ0n) is 11.9. The van der Waals surface area contributed by atoms with E-state index in [9.17, 15) is 18.0 Å². The van der Waals surface area contributed by atoms with Crippen molar-refractivity contribution in [1.82, 2.24) is 25.6 Å². The van der Waals surface area contributed by atoms with Gasteiger partial charge in [-0.05, 0) is 6.42 Å². The number of aromatic nitrogens is 3. The van der Waals surface area contributed by atoms with Gasteiger partial charge in [0.15, 0.2) is 15.0 Å². The van der Waals surface area contributed by atoms with Gasteiger partial charge in [0.05, 0.1) is 17.3 Å². The average molecular weight is 361 g/mol. The van der Waals surface area contributed by atoms with Crippen LogP contribution in [0.25, 0.3) is 0 Å². The topological polar surface area (TPSA) is 183 Å². The van der Waals surface area contributed by atoms with Crippen LogP contribution in [-0.2, 0) is 14.6 Å². The summed E-state index contributed by atoms with van der Waals surface area (Å²) >= 11 is 0.931. The Bertz CT molecular complexity index is 704. The van der Waals surface area contributed by atoms with Crippen molar-refractivity contribution in [2.24, 2.45) is 0 Å². The third-order valence-electron chi connectivity index (χ3n) is 2.80. The van der Waals surface area contributed by atoms with Crippen molar-refractivity contribution < 1.29 is 18.0 Å². The minimum atomic E-state index is -3.10. The third kappa shape index (κ3) is 5.52. The normalized spacial score (nSPS) is 19.2. The van der Waals surface area contributed by atoms with E-state index < -0.39 is 27.8 Å². The number of nitrogen functional groups attached to an aromatic ring is 2. The maximum atomic E-state index is 11.7. The second kappa shape index (κ2) is 6.95. The summed E-state index contributed by atoms with van der Waals surface area (Å²) in [5, 5.41) is 4.70. The molecule has 0 unspecified atom stereocenters. The predicted octanol–water partition coefficient (Wildman–Crippen LogP) is -1.86. The number of imide groups is 1. The molecule has 0 saturated carbocycles. The zero-order valence-corrected chi connectivity index (χ0v) is 13.5. The van der Waals surface area contributed by atoms with E-state index in [-0.39, 0.29) is 34.3 Å². The van der Waals surface area contributed by atoms with Crippen molar-refractivity contribution in [3.05, 3.63) is 0 Å². The van der Waals surface area contributed by atoms with Crippen LogP contribution in [0.3, 0.4) is 0 Å². The molecule has 1 fully saturated rings. The van der Waals surface area contributed by atoms with Gasteiger partial charge in [-0.15, -0.1) is 0 Å². The summed E-state index contributed by atoms with van der Waals surface area (Å²) in [6.45, 7) is 0. The van der Waals surface area contributed by atoms with E-state index in [0.717, 1.165) is 11.8 Å². The SMILES string of the molecule is Nc1nc(N)nc(SCC(=O)NC(=O)N[C@@H]2CCS(=O)(=O)C2)n1. The monoisotopic (exact) mass is 361 g/mol. The van der Waals surface area contributed by atoms with Gasteiger partial charge in [0.2, 0.25) is 17.8 Å². The molecule has 0 bridgehead atoms. The first-order valence-electron chi connectivity index (χ1n) is 6.44. The lowest BCUT2D eigenvalue weighted by Gasteiger charge is -2.11. The van der Waals surface area contributed by atoms with Gasteiger partial charge >= 0.3 is 6.03 Å². The molecule has 1 aromatic rings. The fraction of sp³-hybridized carbons (Fsp3) is 0.500. The Labute approximate surface area is 135 Å². The number of nitrogens with two attached hydrogens (primary N) is 2. The van der Waals surface area contributed by atoms with Crippen molar-refractivity contribution in [3.63, 3.8) is 0 Å². The highest BCUT2D eigenvalue weighted by atomic mass is 32.2. The van der Waals surface area contributed by atoms with Gasteiger partial charge in [0.1, 0.15) is 0 Å². The molecule has 13 heteroatoms. The first kappa shape index (κ1) is 17.2. The molecule has 126 valence electrons. The highest BCUT2D eigenvalue weighted by Crippen LogP contribution is 2.14. The summed E-state index contributed by atoms with van der Waals surface area (Å²) in [6.07, 6.45) is 0.335. The highest BCUT2D eigenvalue weighted by Gasteiger charge is 2.29. The number of hydrogen-bond acceptors (Lipinski definition) is 10. The van der Waals surface area contributed by atoms with E-state index in [0.29, 0.717) is 6.42 Å². The Balaban J connectivity index is 1.77. The number of carbonyl (C=O) groups excluding carboxylic acids is 2. The summed E-state index contributed by atoms with van der Waals surface area (Å²) in [4.78, 5) is 34.4. The third-order valence-corrected chi connectivity index (χ3v) is 5.42. The summed E-state index contributed by atoms with van der Waals surface area (Å²) < 4.78 is 22.6. The van der Waals surface area contributed by atoms with Crippen LogP contribution in [-0.4, -0.2) is 58.6 Å². The van der Waals surface area contributed by atoms with Gasteiger partial charge in [-0.1, -0.05) is 11.8 Å². The number of amides is 3. The van der Waals surface area contributed by atoms with E-state index in [4.69, 9.17) is 11.5 Å². The van der Waals surface area contributed by atoms with Crippen molar-refractivity contribution in [2.45, 2.75) is 17.6 Å². The van der Waals surface area contributed by atoms with Crippen LogP contribution < -0.4 is 22.1 Å². The van der Waals surface area contributed by atoms with Crippen molar-refractivity contribution in [1.29, 1.82) is 0 Å². The second-order valence-electron chi connectivity index (χ2n) is 4.74. The first-order valence-corrected chi connectivity index (χ1v) is 9.25. The zero-order chi connectivity index (χ0) is 17.0. The number of carbonyl (C=O) groups is 2. The Kier molecular flexibility index (Phi) is 5.20. The molecule has 2 heterocycles. The second-order valence-corrected chi connectivity index (χ2v) is 7.92. The molecule has 1 atom stereocenters. The van der Waals surface area contributed by atoms with Crippen LogP contribution in [0, 0.1) is 0 Å². The van der Waals surface area contributed by atoms with Crippen molar-refractivity contribution >= 4 is 45.4 Å². The summed E-state index contributed by atoms with van der Waals surface area (Å²) in [5.41, 5.74) is 10.8. The molecule has 11 nitrogen and oxygen atoms in total. The summed E-state index contributed by atoms with van der Waals surface area (Å²) in [6, 6.07) is -1.23. The number of sulfone groups is 1. The number of nitrogens with one attached hydrogen (secondary N) is 2.